The number of phenolic OH excluding ortho intramolecular Hbond substituents is 1. The maximum Gasteiger partial charge on any atom is 0.161 e. The van der Waals surface area contributed by atoms with E-state index in [1.807, 2.05) is 13.0 Å². The normalized spacial score (nSPS) is 9.93. The molecule has 0 heterocycles. The minimum absolute atomic E-state index is 0.0247. The third kappa shape index (κ3) is 2.05. The van der Waals surface area contributed by atoms with Gasteiger partial charge in [0.1, 0.15) is 5.78 Å². The Morgan fingerprint density at radius 1 is 1.50 bits per heavy atom. The van der Waals surface area contributed by atoms with Gasteiger partial charge in [0, 0.05) is 12.0 Å². The van der Waals surface area contributed by atoms with Crippen molar-refractivity contribution in [2.24, 2.45) is 0 Å². The SMILES string of the molecule is COc1ccc(C)c(CC(C)=O)c1O. The first-order valence-electron chi connectivity index (χ1n) is 4.41. The predicted octanol–water partition coefficient (Wildman–Crippen LogP) is 1.84. The highest BCUT2D eigenvalue weighted by Crippen LogP contribution is 2.32. The van der Waals surface area contributed by atoms with Crippen LogP contribution >= 0.6 is 0 Å². The number of hydrogen-bond acceptors (Lipinski definition) is 3. The van der Waals surface area contributed by atoms with Crippen molar-refractivity contribution < 1.29 is 14.6 Å². The number of rotatable bonds is 3. The molecular formula is C11H14O3. The molecule has 1 aromatic rings. The van der Waals surface area contributed by atoms with E-state index in [4.69, 9.17) is 4.74 Å². The number of carbonyl (C=O) groups is 1. The second-order valence-corrected chi connectivity index (χ2v) is 3.29. The lowest BCUT2D eigenvalue weighted by molar-refractivity contribution is -0.116. The van der Waals surface area contributed by atoms with Crippen LogP contribution in [0.5, 0.6) is 11.5 Å². The molecule has 0 unspecified atom stereocenters. The number of Topliss-reactive ketones (excluding diaryl/α,β-unsaturated/α-hetero) is 1. The molecule has 0 saturated heterocycles. The van der Waals surface area contributed by atoms with E-state index in [0.29, 0.717) is 11.3 Å². The first-order chi connectivity index (χ1) is 6.56. The number of aryl methyl sites for hydroxylation is 1. The number of carbonyl (C=O) groups excluding carboxylic acids is 1. The van der Waals surface area contributed by atoms with Gasteiger partial charge in [0.2, 0.25) is 0 Å². The van der Waals surface area contributed by atoms with Crippen molar-refractivity contribution in [1.82, 2.24) is 0 Å². The molecule has 1 aromatic carbocycles. The van der Waals surface area contributed by atoms with Crippen molar-refractivity contribution in [3.05, 3.63) is 23.3 Å². The van der Waals surface area contributed by atoms with Crippen LogP contribution in [0.25, 0.3) is 0 Å². The van der Waals surface area contributed by atoms with E-state index in [1.54, 1.807) is 6.07 Å². The van der Waals surface area contributed by atoms with Gasteiger partial charge in [-0.1, -0.05) is 6.07 Å². The number of phenols is 1. The minimum atomic E-state index is 0.0247. The average Bonchev–Trinajstić information content (AvgIpc) is 2.12. The van der Waals surface area contributed by atoms with Crippen LogP contribution < -0.4 is 4.74 Å². The Labute approximate surface area is 83.3 Å². The summed E-state index contributed by atoms with van der Waals surface area (Å²) in [6.07, 6.45) is 0.245. The van der Waals surface area contributed by atoms with Gasteiger partial charge in [0.15, 0.2) is 11.5 Å². The molecule has 0 fully saturated rings. The number of aromatic hydroxyl groups is 1. The Balaban J connectivity index is 3.18. The van der Waals surface area contributed by atoms with E-state index in [2.05, 4.69) is 0 Å². The van der Waals surface area contributed by atoms with Crippen LogP contribution in [0.4, 0.5) is 0 Å². The summed E-state index contributed by atoms with van der Waals surface area (Å²) in [4.78, 5) is 11.0. The lowest BCUT2D eigenvalue weighted by atomic mass is 10.0. The Bertz CT molecular complexity index is 356. The maximum atomic E-state index is 11.0. The third-order valence-electron chi connectivity index (χ3n) is 2.13. The van der Waals surface area contributed by atoms with Crippen molar-refractivity contribution in [2.45, 2.75) is 20.3 Å². The highest BCUT2D eigenvalue weighted by Gasteiger charge is 2.11. The van der Waals surface area contributed by atoms with Gasteiger partial charge in [-0.05, 0) is 25.5 Å². The first-order valence-corrected chi connectivity index (χ1v) is 4.41. The molecule has 0 aliphatic rings. The quantitative estimate of drug-likeness (QED) is 0.798. The summed E-state index contributed by atoms with van der Waals surface area (Å²) in [5.41, 5.74) is 1.55. The van der Waals surface area contributed by atoms with Gasteiger partial charge in [-0.2, -0.15) is 0 Å². The molecule has 0 amide bonds. The first kappa shape index (κ1) is 10.6. The van der Waals surface area contributed by atoms with Crippen LogP contribution in [0.15, 0.2) is 12.1 Å². The second kappa shape index (κ2) is 4.13. The maximum absolute atomic E-state index is 11.0. The van der Waals surface area contributed by atoms with Crippen molar-refractivity contribution in [2.75, 3.05) is 7.11 Å². The predicted molar refractivity (Wildman–Crippen MR) is 53.8 cm³/mol. The lowest BCUT2D eigenvalue weighted by Gasteiger charge is -2.10. The van der Waals surface area contributed by atoms with Gasteiger partial charge in [-0.25, -0.2) is 0 Å². The number of ether oxygens (including phenoxy) is 1. The molecule has 0 atom stereocenters. The number of benzene rings is 1. The van der Waals surface area contributed by atoms with E-state index < -0.39 is 0 Å². The fourth-order valence-electron chi connectivity index (χ4n) is 1.35. The zero-order chi connectivity index (χ0) is 10.7. The molecule has 0 bridgehead atoms. The molecule has 0 aromatic heterocycles. The highest BCUT2D eigenvalue weighted by molar-refractivity contribution is 5.79. The van der Waals surface area contributed by atoms with E-state index in [1.165, 1.54) is 14.0 Å². The summed E-state index contributed by atoms with van der Waals surface area (Å²) in [5.74, 6) is 0.506. The third-order valence-corrected chi connectivity index (χ3v) is 2.13. The molecule has 3 heteroatoms. The lowest BCUT2D eigenvalue weighted by Crippen LogP contribution is -2.00. The molecule has 0 saturated carbocycles. The van der Waals surface area contributed by atoms with E-state index in [-0.39, 0.29) is 18.0 Å². The van der Waals surface area contributed by atoms with Gasteiger partial charge in [-0.15, -0.1) is 0 Å². The molecule has 76 valence electrons. The van der Waals surface area contributed by atoms with Crippen LogP contribution in [0, 0.1) is 6.92 Å². The fourth-order valence-corrected chi connectivity index (χ4v) is 1.35. The molecule has 0 aliphatic carbocycles. The van der Waals surface area contributed by atoms with Gasteiger partial charge >= 0.3 is 0 Å². The van der Waals surface area contributed by atoms with Gasteiger partial charge in [-0.3, -0.25) is 4.79 Å². The number of methoxy groups -OCH3 is 1. The Hall–Kier alpha value is -1.51. The van der Waals surface area contributed by atoms with E-state index in [9.17, 15) is 9.90 Å². The molecule has 14 heavy (non-hydrogen) atoms. The van der Waals surface area contributed by atoms with Crippen LogP contribution in [-0.2, 0) is 11.2 Å². The van der Waals surface area contributed by atoms with Gasteiger partial charge in [0.05, 0.1) is 7.11 Å². The molecule has 0 radical (unpaired) electrons. The van der Waals surface area contributed by atoms with Crippen molar-refractivity contribution in [3.63, 3.8) is 0 Å². The van der Waals surface area contributed by atoms with Crippen LogP contribution in [-0.4, -0.2) is 18.0 Å². The number of ketones is 1. The Morgan fingerprint density at radius 2 is 2.14 bits per heavy atom. The second-order valence-electron chi connectivity index (χ2n) is 3.29. The van der Waals surface area contributed by atoms with Crippen LogP contribution in [0.3, 0.4) is 0 Å². The van der Waals surface area contributed by atoms with Crippen molar-refractivity contribution in [1.29, 1.82) is 0 Å². The Morgan fingerprint density at radius 3 is 2.64 bits per heavy atom. The number of hydrogen-bond donors (Lipinski definition) is 1. The van der Waals surface area contributed by atoms with Gasteiger partial charge < -0.3 is 9.84 Å². The van der Waals surface area contributed by atoms with E-state index in [0.717, 1.165) is 5.56 Å². The van der Waals surface area contributed by atoms with Gasteiger partial charge in [0.25, 0.3) is 0 Å². The molecule has 1 rings (SSSR count). The van der Waals surface area contributed by atoms with Crippen LogP contribution in [0.2, 0.25) is 0 Å². The summed E-state index contributed by atoms with van der Waals surface area (Å²) >= 11 is 0. The fraction of sp³-hybridized carbons (Fsp3) is 0.364. The zero-order valence-corrected chi connectivity index (χ0v) is 8.63. The van der Waals surface area contributed by atoms with Crippen LogP contribution in [0.1, 0.15) is 18.1 Å². The summed E-state index contributed by atoms with van der Waals surface area (Å²) in [6, 6.07) is 3.52. The standard InChI is InChI=1S/C11H14O3/c1-7-4-5-10(14-3)11(13)9(7)6-8(2)12/h4-5,13H,6H2,1-3H3. The average molecular weight is 194 g/mol. The molecule has 3 nitrogen and oxygen atoms in total. The summed E-state index contributed by atoms with van der Waals surface area (Å²) in [7, 11) is 1.49. The Kier molecular flexibility index (Phi) is 3.12. The van der Waals surface area contributed by atoms with Crippen molar-refractivity contribution in [3.8, 4) is 11.5 Å². The minimum Gasteiger partial charge on any atom is -0.504 e. The molecule has 0 spiro atoms. The summed E-state index contributed by atoms with van der Waals surface area (Å²) in [6.45, 7) is 3.36. The summed E-state index contributed by atoms with van der Waals surface area (Å²) < 4.78 is 4.96. The van der Waals surface area contributed by atoms with Crippen molar-refractivity contribution >= 4 is 5.78 Å². The topological polar surface area (TPSA) is 46.5 Å². The smallest absolute Gasteiger partial charge is 0.161 e. The monoisotopic (exact) mass is 194 g/mol. The van der Waals surface area contributed by atoms with E-state index >= 15 is 0 Å². The largest absolute Gasteiger partial charge is 0.504 e. The summed E-state index contributed by atoms with van der Waals surface area (Å²) in [5, 5.41) is 9.74. The molecular weight excluding hydrogens is 180 g/mol. The zero-order valence-electron chi connectivity index (χ0n) is 8.63. The molecule has 0 aliphatic heterocycles. The molecule has 1 N–H and O–H groups in total. The highest BCUT2D eigenvalue weighted by atomic mass is 16.5.